The molecular formula is C28H29N5O4S2. The number of fused-ring (bicyclic) bond motifs is 1. The van der Waals surface area contributed by atoms with Crippen molar-refractivity contribution in [2.45, 2.75) is 39.0 Å². The van der Waals surface area contributed by atoms with Crippen LogP contribution in [0.4, 0.5) is 10.7 Å². The lowest BCUT2D eigenvalue weighted by Gasteiger charge is -2.17. The monoisotopic (exact) mass is 563 g/mol. The number of nitrogens with zero attached hydrogens (tertiary/aromatic N) is 4. The summed E-state index contributed by atoms with van der Waals surface area (Å²) in [6, 6.07) is 9.21. The van der Waals surface area contributed by atoms with Crippen molar-refractivity contribution in [2.75, 3.05) is 22.6 Å². The summed E-state index contributed by atoms with van der Waals surface area (Å²) in [5.74, 6) is -0.944. The first-order valence-corrected chi connectivity index (χ1v) is 14.7. The van der Waals surface area contributed by atoms with E-state index in [2.05, 4.69) is 15.4 Å². The molecule has 0 unspecified atom stereocenters. The zero-order valence-corrected chi connectivity index (χ0v) is 23.4. The molecule has 202 valence electrons. The molecule has 0 spiro atoms. The minimum absolute atomic E-state index is 0.0143. The van der Waals surface area contributed by atoms with E-state index in [9.17, 15) is 14.4 Å². The molecule has 1 aliphatic carbocycles. The number of rotatable bonds is 7. The van der Waals surface area contributed by atoms with Crippen molar-refractivity contribution < 1.29 is 19.1 Å². The molecule has 2 aliphatic rings. The van der Waals surface area contributed by atoms with Crippen molar-refractivity contribution in [1.82, 2.24) is 9.78 Å². The Bertz CT molecular complexity index is 1460. The zero-order valence-electron chi connectivity index (χ0n) is 21.8. The second-order valence-electron chi connectivity index (χ2n) is 9.17. The van der Waals surface area contributed by atoms with Crippen LogP contribution in [0.3, 0.4) is 0 Å². The summed E-state index contributed by atoms with van der Waals surface area (Å²) in [6.07, 6.45) is 10.0. The van der Waals surface area contributed by atoms with Gasteiger partial charge in [0.2, 0.25) is 5.91 Å². The van der Waals surface area contributed by atoms with Crippen molar-refractivity contribution in [3.63, 3.8) is 0 Å². The highest BCUT2D eigenvalue weighted by molar-refractivity contribution is 8.14. The molecule has 0 fully saturated rings. The van der Waals surface area contributed by atoms with Gasteiger partial charge in [-0.2, -0.15) is 5.10 Å². The summed E-state index contributed by atoms with van der Waals surface area (Å²) in [4.78, 5) is 46.5. The van der Waals surface area contributed by atoms with Crippen LogP contribution in [-0.4, -0.2) is 45.1 Å². The number of para-hydroxylation sites is 1. The van der Waals surface area contributed by atoms with Crippen LogP contribution < -0.4 is 10.2 Å². The molecule has 0 radical (unpaired) electrons. The molecule has 1 aliphatic heterocycles. The molecule has 0 saturated heterocycles. The van der Waals surface area contributed by atoms with Crippen LogP contribution in [0, 0.1) is 0 Å². The Morgan fingerprint density at radius 1 is 1.18 bits per heavy atom. The van der Waals surface area contributed by atoms with Crippen LogP contribution in [0.25, 0.3) is 6.08 Å². The summed E-state index contributed by atoms with van der Waals surface area (Å²) in [5.41, 5.74) is 3.17. The molecular weight excluding hydrogens is 534 g/mol. The lowest BCUT2D eigenvalue weighted by Crippen LogP contribution is -2.31. The van der Waals surface area contributed by atoms with E-state index in [4.69, 9.17) is 4.74 Å². The largest absolute Gasteiger partial charge is 0.462 e. The van der Waals surface area contributed by atoms with Crippen molar-refractivity contribution in [1.29, 1.82) is 0 Å². The number of carbonyl (C=O) groups is 3. The first-order chi connectivity index (χ1) is 18.9. The van der Waals surface area contributed by atoms with Crippen LogP contribution in [0.5, 0.6) is 0 Å². The highest BCUT2D eigenvalue weighted by atomic mass is 32.2. The number of anilines is 2. The molecule has 5 rings (SSSR count). The Hall–Kier alpha value is -3.70. The Balaban J connectivity index is 1.36. The van der Waals surface area contributed by atoms with E-state index in [-0.39, 0.29) is 29.9 Å². The lowest BCUT2D eigenvalue weighted by atomic mass is 10.1. The quantitative estimate of drug-likeness (QED) is 0.245. The minimum atomic E-state index is -0.397. The molecule has 0 atom stereocenters. The van der Waals surface area contributed by atoms with Gasteiger partial charge in [-0.3, -0.25) is 19.2 Å². The number of thiophene rings is 1. The third kappa shape index (κ3) is 5.99. The maximum atomic E-state index is 13.3. The highest BCUT2D eigenvalue weighted by Gasteiger charge is 2.33. The van der Waals surface area contributed by atoms with Crippen LogP contribution in [0.1, 0.15) is 52.5 Å². The van der Waals surface area contributed by atoms with Gasteiger partial charge in [-0.1, -0.05) is 36.4 Å². The Morgan fingerprint density at radius 2 is 1.97 bits per heavy atom. The van der Waals surface area contributed by atoms with Gasteiger partial charge in [0.15, 0.2) is 5.17 Å². The van der Waals surface area contributed by atoms with E-state index in [1.807, 2.05) is 30.3 Å². The Morgan fingerprint density at radius 3 is 2.72 bits per heavy atom. The molecule has 2 amide bonds. The van der Waals surface area contributed by atoms with E-state index in [1.54, 1.807) is 37.1 Å². The smallest absolute Gasteiger partial charge is 0.341 e. The van der Waals surface area contributed by atoms with Crippen molar-refractivity contribution >= 4 is 62.8 Å². The number of nitrogens with one attached hydrogen (secondary N) is 1. The van der Waals surface area contributed by atoms with Gasteiger partial charge in [-0.25, -0.2) is 9.79 Å². The number of benzene rings is 1. The van der Waals surface area contributed by atoms with Gasteiger partial charge in [0.05, 0.1) is 29.8 Å². The molecule has 0 saturated carbocycles. The number of aromatic nitrogens is 2. The van der Waals surface area contributed by atoms with Crippen LogP contribution in [0.2, 0.25) is 0 Å². The van der Waals surface area contributed by atoms with Crippen molar-refractivity contribution in [2.24, 2.45) is 12.0 Å². The molecule has 39 heavy (non-hydrogen) atoms. The predicted octanol–water partition coefficient (Wildman–Crippen LogP) is 5.04. The maximum Gasteiger partial charge on any atom is 0.341 e. The molecule has 3 aromatic rings. The van der Waals surface area contributed by atoms with Gasteiger partial charge >= 0.3 is 5.97 Å². The SMILES string of the molecule is CCOC(=O)c1c(NC(=O)CSC2=NC(=Cc3cnn(C)c3)C(=O)N2c2ccccc2)sc2c1CCCCC2. The fraction of sp³-hybridized carbons (Fsp3) is 0.321. The fourth-order valence-corrected chi connectivity index (χ4v) is 6.72. The van der Waals surface area contributed by atoms with E-state index < -0.39 is 5.97 Å². The lowest BCUT2D eigenvalue weighted by molar-refractivity contribution is -0.114. The molecule has 11 heteroatoms. The number of hydrogen-bond acceptors (Lipinski definition) is 8. The summed E-state index contributed by atoms with van der Waals surface area (Å²) < 4.78 is 6.98. The third-order valence-corrected chi connectivity index (χ3v) is 8.50. The minimum Gasteiger partial charge on any atom is -0.462 e. The van der Waals surface area contributed by atoms with Gasteiger partial charge in [-0.15, -0.1) is 11.3 Å². The number of amides is 2. The Kier molecular flexibility index (Phi) is 8.27. The molecule has 0 bridgehead atoms. The number of aryl methyl sites for hydroxylation is 2. The number of ether oxygens (including phenoxy) is 1. The third-order valence-electron chi connectivity index (χ3n) is 6.36. The fourth-order valence-electron chi connectivity index (χ4n) is 4.61. The maximum absolute atomic E-state index is 13.3. The number of hydrogen-bond donors (Lipinski definition) is 1. The number of esters is 1. The molecule has 3 heterocycles. The van der Waals surface area contributed by atoms with E-state index in [1.165, 1.54) is 28.0 Å². The van der Waals surface area contributed by atoms with E-state index in [0.717, 1.165) is 48.1 Å². The second kappa shape index (κ2) is 12.0. The Labute approximate surface area is 234 Å². The van der Waals surface area contributed by atoms with E-state index >= 15 is 0 Å². The molecule has 1 N–H and O–H groups in total. The average Bonchev–Trinajstić information content (AvgIpc) is 3.52. The first kappa shape index (κ1) is 26.9. The first-order valence-electron chi connectivity index (χ1n) is 12.9. The summed E-state index contributed by atoms with van der Waals surface area (Å²) in [6.45, 7) is 2.04. The molecule has 2 aromatic heterocycles. The van der Waals surface area contributed by atoms with Crippen molar-refractivity contribution in [3.05, 3.63) is 70.0 Å². The molecule has 9 nitrogen and oxygen atoms in total. The van der Waals surface area contributed by atoms with Gasteiger partial charge in [0.25, 0.3) is 5.91 Å². The molecule has 1 aromatic carbocycles. The van der Waals surface area contributed by atoms with Gasteiger partial charge in [0, 0.05) is 23.7 Å². The van der Waals surface area contributed by atoms with Crippen LogP contribution in [-0.2, 0) is 34.2 Å². The summed E-state index contributed by atoms with van der Waals surface area (Å²) in [5, 5.41) is 8.03. The zero-order chi connectivity index (χ0) is 27.4. The standard InChI is InChI=1S/C28H29N5O4S2/c1-3-37-27(36)24-20-12-8-5-9-13-22(20)39-25(24)31-23(34)17-38-28-30-21(14-18-15-29-32(2)16-18)26(35)33(28)19-10-6-4-7-11-19/h4,6-7,10-11,14-16H,3,5,8-9,12-13,17H2,1-2H3,(H,31,34). The van der Waals surface area contributed by atoms with E-state index in [0.29, 0.717) is 21.4 Å². The van der Waals surface area contributed by atoms with Gasteiger partial charge in [0.1, 0.15) is 10.7 Å². The summed E-state index contributed by atoms with van der Waals surface area (Å²) >= 11 is 2.63. The normalized spacial score (nSPS) is 16.2. The predicted molar refractivity (Wildman–Crippen MR) is 155 cm³/mol. The topological polar surface area (TPSA) is 106 Å². The number of thioether (sulfide) groups is 1. The van der Waals surface area contributed by atoms with Crippen molar-refractivity contribution in [3.8, 4) is 0 Å². The summed E-state index contributed by atoms with van der Waals surface area (Å²) in [7, 11) is 1.80. The number of aliphatic imine (C=N–C) groups is 1. The average molecular weight is 564 g/mol. The number of amidine groups is 1. The van der Waals surface area contributed by atoms with Gasteiger partial charge < -0.3 is 10.1 Å². The second-order valence-corrected chi connectivity index (χ2v) is 11.2. The highest BCUT2D eigenvalue weighted by Crippen LogP contribution is 2.38. The van der Waals surface area contributed by atoms with Crippen LogP contribution >= 0.6 is 23.1 Å². The number of carbonyl (C=O) groups excluding carboxylic acids is 3. The van der Waals surface area contributed by atoms with Gasteiger partial charge in [-0.05, 0) is 56.4 Å². The van der Waals surface area contributed by atoms with Crippen LogP contribution in [0.15, 0.2) is 53.4 Å².